The second-order valence-electron chi connectivity index (χ2n) is 6.89. The molecule has 1 heterocycles. The molecule has 1 fully saturated rings. The Morgan fingerprint density at radius 3 is 2.37 bits per heavy atom. The maximum Gasteiger partial charge on any atom is 0.243 e. The first-order valence-corrected chi connectivity index (χ1v) is 11.7. The van der Waals surface area contributed by atoms with E-state index in [-0.39, 0.29) is 23.0 Å². The second-order valence-corrected chi connectivity index (χ2v) is 9.70. The number of sulfonamides is 1. The molecule has 0 saturated carbocycles. The number of hydrogen-bond donors (Lipinski definition) is 2. The van der Waals surface area contributed by atoms with E-state index in [0.717, 1.165) is 19.3 Å². The number of benzene rings is 2. The molecule has 1 amide bonds. The van der Waals surface area contributed by atoms with Crippen molar-refractivity contribution in [2.24, 2.45) is 0 Å². The Hall–Kier alpha value is -2.00. The summed E-state index contributed by atoms with van der Waals surface area (Å²) in [5.74, 6) is -0.0105. The van der Waals surface area contributed by atoms with Crippen molar-refractivity contribution in [3.05, 3.63) is 46.4 Å². The Bertz CT molecular complexity index is 1000. The number of carbonyl (C=O) groups is 1. The van der Waals surface area contributed by atoms with Gasteiger partial charge in [-0.3, -0.25) is 4.79 Å². The van der Waals surface area contributed by atoms with Crippen molar-refractivity contribution in [2.75, 3.05) is 37.4 Å². The molecule has 7 nitrogen and oxygen atoms in total. The molecule has 0 aromatic heterocycles. The Morgan fingerprint density at radius 1 is 1.07 bits per heavy atom. The summed E-state index contributed by atoms with van der Waals surface area (Å²) in [4.78, 5) is 12.6. The number of halogens is 2. The van der Waals surface area contributed by atoms with E-state index in [1.165, 1.54) is 29.6 Å². The van der Waals surface area contributed by atoms with Gasteiger partial charge < -0.3 is 15.4 Å². The van der Waals surface area contributed by atoms with Crippen LogP contribution in [0.2, 0.25) is 10.0 Å². The Labute approximate surface area is 186 Å². The highest BCUT2D eigenvalue weighted by atomic mass is 35.5. The van der Waals surface area contributed by atoms with Gasteiger partial charge in [0.15, 0.2) is 0 Å². The molecule has 2 aromatic rings. The van der Waals surface area contributed by atoms with E-state index in [0.29, 0.717) is 34.6 Å². The predicted molar refractivity (Wildman–Crippen MR) is 119 cm³/mol. The van der Waals surface area contributed by atoms with Gasteiger partial charge in [0.25, 0.3) is 0 Å². The summed E-state index contributed by atoms with van der Waals surface area (Å²) in [7, 11) is -2.17. The molecule has 10 heteroatoms. The SMILES string of the molecule is COc1ccc(S(=O)(=O)N2CCCCC2)cc1NC(=O)CNc1cc(Cl)cc(Cl)c1. The van der Waals surface area contributed by atoms with Crippen LogP contribution in [-0.4, -0.2) is 45.4 Å². The van der Waals surface area contributed by atoms with E-state index in [2.05, 4.69) is 10.6 Å². The summed E-state index contributed by atoms with van der Waals surface area (Å²) >= 11 is 11.9. The maximum absolute atomic E-state index is 12.9. The lowest BCUT2D eigenvalue weighted by molar-refractivity contribution is -0.114. The third-order valence-electron chi connectivity index (χ3n) is 4.71. The van der Waals surface area contributed by atoms with Crippen molar-refractivity contribution in [3.8, 4) is 5.75 Å². The van der Waals surface area contributed by atoms with Crippen LogP contribution in [0.4, 0.5) is 11.4 Å². The normalized spacial score (nSPS) is 14.9. The number of hydrogen-bond acceptors (Lipinski definition) is 5. The first kappa shape index (κ1) is 22.7. The Kier molecular flexibility index (Phi) is 7.46. The average molecular weight is 472 g/mol. The quantitative estimate of drug-likeness (QED) is 0.630. The summed E-state index contributed by atoms with van der Waals surface area (Å²) in [6, 6.07) is 9.34. The molecule has 1 aliphatic rings. The molecular weight excluding hydrogens is 449 g/mol. The molecule has 30 heavy (non-hydrogen) atoms. The van der Waals surface area contributed by atoms with Gasteiger partial charge >= 0.3 is 0 Å². The maximum atomic E-state index is 12.9. The van der Waals surface area contributed by atoms with Crippen LogP contribution in [0.5, 0.6) is 5.75 Å². The zero-order valence-electron chi connectivity index (χ0n) is 16.5. The van der Waals surface area contributed by atoms with Crippen molar-refractivity contribution < 1.29 is 17.9 Å². The molecule has 2 aromatic carbocycles. The zero-order valence-corrected chi connectivity index (χ0v) is 18.8. The Morgan fingerprint density at radius 2 is 1.73 bits per heavy atom. The van der Waals surface area contributed by atoms with Crippen LogP contribution in [0.1, 0.15) is 19.3 Å². The summed E-state index contributed by atoms with van der Waals surface area (Å²) in [5.41, 5.74) is 0.877. The largest absolute Gasteiger partial charge is 0.495 e. The number of ether oxygens (including phenoxy) is 1. The fourth-order valence-electron chi connectivity index (χ4n) is 3.23. The summed E-state index contributed by atoms with van der Waals surface area (Å²) in [6.07, 6.45) is 2.72. The fourth-order valence-corrected chi connectivity index (χ4v) is 5.30. The van der Waals surface area contributed by atoms with Gasteiger partial charge in [0, 0.05) is 28.8 Å². The van der Waals surface area contributed by atoms with Crippen molar-refractivity contribution >= 4 is 50.5 Å². The number of amides is 1. The number of methoxy groups -OCH3 is 1. The Balaban J connectivity index is 1.74. The fraction of sp³-hybridized carbons (Fsp3) is 0.350. The number of nitrogens with zero attached hydrogens (tertiary/aromatic N) is 1. The minimum atomic E-state index is -3.63. The number of nitrogens with one attached hydrogen (secondary N) is 2. The van der Waals surface area contributed by atoms with Gasteiger partial charge in [-0.05, 0) is 49.2 Å². The van der Waals surface area contributed by atoms with Crippen molar-refractivity contribution in [1.29, 1.82) is 0 Å². The lowest BCUT2D eigenvalue weighted by Gasteiger charge is -2.26. The smallest absolute Gasteiger partial charge is 0.243 e. The molecule has 0 radical (unpaired) electrons. The van der Waals surface area contributed by atoms with Crippen LogP contribution in [-0.2, 0) is 14.8 Å². The molecule has 0 atom stereocenters. The predicted octanol–water partition coefficient (Wildman–Crippen LogP) is 4.23. The minimum Gasteiger partial charge on any atom is -0.495 e. The second kappa shape index (κ2) is 9.87. The molecule has 2 N–H and O–H groups in total. The number of anilines is 2. The van der Waals surface area contributed by atoms with Crippen LogP contribution < -0.4 is 15.4 Å². The lowest BCUT2D eigenvalue weighted by atomic mass is 10.2. The molecule has 0 spiro atoms. The highest BCUT2D eigenvalue weighted by molar-refractivity contribution is 7.89. The number of carbonyl (C=O) groups excluding carboxylic acids is 1. The molecule has 162 valence electrons. The third-order valence-corrected chi connectivity index (χ3v) is 7.04. The zero-order chi connectivity index (χ0) is 21.7. The molecule has 1 aliphatic heterocycles. The summed E-state index contributed by atoms with van der Waals surface area (Å²) in [5, 5.41) is 6.53. The van der Waals surface area contributed by atoms with E-state index in [1.54, 1.807) is 18.2 Å². The van der Waals surface area contributed by atoms with E-state index in [9.17, 15) is 13.2 Å². The minimum absolute atomic E-state index is 0.0665. The van der Waals surface area contributed by atoms with Gasteiger partial charge in [0.05, 0.1) is 24.2 Å². The van der Waals surface area contributed by atoms with Crippen molar-refractivity contribution in [1.82, 2.24) is 4.31 Å². The first-order chi connectivity index (χ1) is 14.3. The van der Waals surface area contributed by atoms with Crippen LogP contribution in [0, 0.1) is 0 Å². The van der Waals surface area contributed by atoms with Gasteiger partial charge in [-0.15, -0.1) is 0 Å². The molecule has 1 saturated heterocycles. The van der Waals surface area contributed by atoms with E-state index < -0.39 is 10.0 Å². The van der Waals surface area contributed by atoms with Gasteiger partial charge in [-0.2, -0.15) is 4.31 Å². The number of piperidine rings is 1. The molecule has 0 unspecified atom stereocenters. The van der Waals surface area contributed by atoms with Crippen LogP contribution in [0.15, 0.2) is 41.3 Å². The summed E-state index contributed by atoms with van der Waals surface area (Å²) in [6.45, 7) is 0.938. The molecule has 3 rings (SSSR count). The highest BCUT2D eigenvalue weighted by Gasteiger charge is 2.27. The van der Waals surface area contributed by atoms with Crippen LogP contribution in [0.25, 0.3) is 0 Å². The van der Waals surface area contributed by atoms with Crippen LogP contribution in [0.3, 0.4) is 0 Å². The van der Waals surface area contributed by atoms with E-state index in [1.807, 2.05) is 0 Å². The van der Waals surface area contributed by atoms with Crippen molar-refractivity contribution in [2.45, 2.75) is 24.2 Å². The van der Waals surface area contributed by atoms with Gasteiger partial charge in [-0.1, -0.05) is 29.6 Å². The van der Waals surface area contributed by atoms with Gasteiger partial charge in [0.1, 0.15) is 5.75 Å². The van der Waals surface area contributed by atoms with Gasteiger partial charge in [0.2, 0.25) is 15.9 Å². The average Bonchev–Trinajstić information content (AvgIpc) is 2.72. The first-order valence-electron chi connectivity index (χ1n) is 9.47. The summed E-state index contributed by atoms with van der Waals surface area (Å²) < 4.78 is 32.6. The topological polar surface area (TPSA) is 87.7 Å². The third kappa shape index (κ3) is 5.57. The highest BCUT2D eigenvalue weighted by Crippen LogP contribution is 2.30. The molecular formula is C20H23Cl2N3O4S. The number of rotatable bonds is 7. The van der Waals surface area contributed by atoms with Crippen molar-refractivity contribution in [3.63, 3.8) is 0 Å². The molecule has 0 aliphatic carbocycles. The van der Waals surface area contributed by atoms with Crippen LogP contribution >= 0.6 is 23.2 Å². The standard InChI is InChI=1S/C20H23Cl2N3O4S/c1-29-19-6-5-17(30(27,28)25-7-3-2-4-8-25)12-18(19)24-20(26)13-23-16-10-14(21)9-15(22)11-16/h5-6,9-12,23H,2-4,7-8,13H2,1H3,(H,24,26). The lowest BCUT2D eigenvalue weighted by Crippen LogP contribution is -2.35. The monoisotopic (exact) mass is 471 g/mol. The molecule has 0 bridgehead atoms. The van der Waals surface area contributed by atoms with E-state index >= 15 is 0 Å². The van der Waals surface area contributed by atoms with Gasteiger partial charge in [-0.25, -0.2) is 8.42 Å². The van der Waals surface area contributed by atoms with E-state index in [4.69, 9.17) is 27.9 Å².